The lowest BCUT2D eigenvalue weighted by Crippen LogP contribution is -2.41. The number of aromatic nitrogens is 1. The number of rotatable bonds is 2. The standard InChI is InChI=1S/C13H21N3OS/c1-9-8-16(6-7-17-9)13-15-12-10(14-2)4-3-5-11(12)18-13/h9-10,14H,3-8H2,1-2H3. The Hall–Kier alpha value is -0.650. The molecule has 2 atom stereocenters. The minimum atomic E-state index is 0.319. The Labute approximate surface area is 112 Å². The second-order valence-electron chi connectivity index (χ2n) is 5.17. The molecule has 1 saturated heterocycles. The Morgan fingerprint density at radius 2 is 2.39 bits per heavy atom. The van der Waals surface area contributed by atoms with E-state index in [4.69, 9.17) is 9.72 Å². The third kappa shape index (κ3) is 2.27. The van der Waals surface area contributed by atoms with Gasteiger partial charge in [-0.2, -0.15) is 0 Å². The van der Waals surface area contributed by atoms with Crippen molar-refractivity contribution in [2.45, 2.75) is 38.3 Å². The zero-order valence-corrected chi connectivity index (χ0v) is 11.9. The monoisotopic (exact) mass is 267 g/mol. The smallest absolute Gasteiger partial charge is 0.186 e. The van der Waals surface area contributed by atoms with Crippen LogP contribution >= 0.6 is 11.3 Å². The number of hydrogen-bond donors (Lipinski definition) is 1. The van der Waals surface area contributed by atoms with Gasteiger partial charge in [-0.1, -0.05) is 0 Å². The summed E-state index contributed by atoms with van der Waals surface area (Å²) >= 11 is 1.88. The number of thiazole rings is 1. The molecule has 18 heavy (non-hydrogen) atoms. The first kappa shape index (κ1) is 12.4. The number of ether oxygens (including phenoxy) is 1. The molecule has 4 nitrogen and oxygen atoms in total. The van der Waals surface area contributed by atoms with Crippen LogP contribution in [0.3, 0.4) is 0 Å². The lowest BCUT2D eigenvalue weighted by molar-refractivity contribution is 0.0532. The molecular weight excluding hydrogens is 246 g/mol. The molecule has 5 heteroatoms. The van der Waals surface area contributed by atoms with Crippen LogP contribution in [0, 0.1) is 0 Å². The van der Waals surface area contributed by atoms with Crippen LogP contribution in [0.15, 0.2) is 0 Å². The SMILES string of the molecule is CNC1CCCc2sc(N3CCOC(C)C3)nc21. The van der Waals surface area contributed by atoms with Gasteiger partial charge >= 0.3 is 0 Å². The average molecular weight is 267 g/mol. The quantitative estimate of drug-likeness (QED) is 0.889. The molecule has 0 spiro atoms. The molecule has 2 unspecified atom stereocenters. The lowest BCUT2D eigenvalue weighted by Gasteiger charge is -2.30. The van der Waals surface area contributed by atoms with Gasteiger partial charge in [0.15, 0.2) is 5.13 Å². The molecular formula is C13H21N3OS. The summed E-state index contributed by atoms with van der Waals surface area (Å²) in [7, 11) is 2.04. The van der Waals surface area contributed by atoms with E-state index in [0.29, 0.717) is 12.1 Å². The van der Waals surface area contributed by atoms with Gasteiger partial charge in [0.2, 0.25) is 0 Å². The van der Waals surface area contributed by atoms with Gasteiger partial charge in [-0.05, 0) is 33.2 Å². The van der Waals surface area contributed by atoms with Gasteiger partial charge in [-0.3, -0.25) is 0 Å². The van der Waals surface area contributed by atoms with Gasteiger partial charge in [0.05, 0.1) is 24.4 Å². The molecule has 1 aliphatic carbocycles. The van der Waals surface area contributed by atoms with Crippen molar-refractivity contribution in [2.75, 3.05) is 31.6 Å². The first-order chi connectivity index (χ1) is 8.78. The normalized spacial score (nSPS) is 28.2. The van der Waals surface area contributed by atoms with E-state index in [-0.39, 0.29) is 0 Å². The molecule has 1 N–H and O–H groups in total. The molecule has 0 aromatic carbocycles. The number of hydrogen-bond acceptors (Lipinski definition) is 5. The summed E-state index contributed by atoms with van der Waals surface area (Å²) in [5.74, 6) is 0. The maximum atomic E-state index is 5.60. The summed E-state index contributed by atoms with van der Waals surface area (Å²) in [6.07, 6.45) is 4.01. The molecule has 3 rings (SSSR count). The van der Waals surface area contributed by atoms with Crippen LogP contribution < -0.4 is 10.2 Å². The fourth-order valence-electron chi connectivity index (χ4n) is 2.81. The predicted octanol–water partition coefficient (Wildman–Crippen LogP) is 1.97. The minimum absolute atomic E-state index is 0.319. The molecule has 0 saturated carbocycles. The highest BCUT2D eigenvalue weighted by Gasteiger charge is 2.26. The van der Waals surface area contributed by atoms with Crippen LogP contribution in [0.25, 0.3) is 0 Å². The number of anilines is 1. The predicted molar refractivity (Wildman–Crippen MR) is 74.5 cm³/mol. The third-order valence-electron chi connectivity index (χ3n) is 3.80. The summed E-state index contributed by atoms with van der Waals surface area (Å²) in [6.45, 7) is 4.90. The van der Waals surface area contributed by atoms with Crippen molar-refractivity contribution in [3.63, 3.8) is 0 Å². The molecule has 0 bridgehead atoms. The molecule has 2 heterocycles. The Balaban J connectivity index is 1.83. The highest BCUT2D eigenvalue weighted by Crippen LogP contribution is 2.36. The van der Waals surface area contributed by atoms with Crippen molar-refractivity contribution in [2.24, 2.45) is 0 Å². The number of fused-ring (bicyclic) bond motifs is 1. The van der Waals surface area contributed by atoms with Crippen molar-refractivity contribution in [3.8, 4) is 0 Å². The van der Waals surface area contributed by atoms with Gasteiger partial charge in [0, 0.05) is 18.0 Å². The third-order valence-corrected chi connectivity index (χ3v) is 4.99. The van der Waals surface area contributed by atoms with E-state index in [0.717, 1.165) is 19.7 Å². The van der Waals surface area contributed by atoms with Crippen LogP contribution in [0.4, 0.5) is 5.13 Å². The maximum Gasteiger partial charge on any atom is 0.186 e. The zero-order chi connectivity index (χ0) is 12.5. The van der Waals surface area contributed by atoms with Crippen LogP contribution in [-0.2, 0) is 11.2 Å². The van der Waals surface area contributed by atoms with Gasteiger partial charge in [0.1, 0.15) is 0 Å². The summed E-state index contributed by atoms with van der Waals surface area (Å²) in [6, 6.07) is 0.456. The summed E-state index contributed by atoms with van der Waals surface area (Å²) in [5.41, 5.74) is 1.29. The van der Waals surface area contributed by atoms with E-state index in [1.165, 1.54) is 35.0 Å². The largest absolute Gasteiger partial charge is 0.375 e. The molecule has 1 aromatic heterocycles. The number of nitrogens with zero attached hydrogens (tertiary/aromatic N) is 2. The van der Waals surface area contributed by atoms with Gasteiger partial charge in [-0.25, -0.2) is 4.98 Å². The van der Waals surface area contributed by atoms with Crippen molar-refractivity contribution >= 4 is 16.5 Å². The second-order valence-corrected chi connectivity index (χ2v) is 6.23. The zero-order valence-electron chi connectivity index (χ0n) is 11.1. The fourth-order valence-corrected chi connectivity index (χ4v) is 4.01. The average Bonchev–Trinajstić information content (AvgIpc) is 2.82. The van der Waals surface area contributed by atoms with E-state index in [1.54, 1.807) is 0 Å². The minimum Gasteiger partial charge on any atom is -0.375 e. The molecule has 2 aliphatic rings. The fraction of sp³-hybridized carbons (Fsp3) is 0.769. The number of morpholine rings is 1. The van der Waals surface area contributed by atoms with E-state index >= 15 is 0 Å². The van der Waals surface area contributed by atoms with Crippen molar-refractivity contribution in [1.29, 1.82) is 0 Å². The van der Waals surface area contributed by atoms with Crippen LogP contribution in [-0.4, -0.2) is 37.8 Å². The first-order valence-corrected chi connectivity index (χ1v) is 7.63. The van der Waals surface area contributed by atoms with Gasteiger partial charge < -0.3 is 15.0 Å². The van der Waals surface area contributed by atoms with Crippen molar-refractivity contribution in [1.82, 2.24) is 10.3 Å². The van der Waals surface area contributed by atoms with Gasteiger partial charge in [-0.15, -0.1) is 11.3 Å². The molecule has 1 aromatic rings. The Morgan fingerprint density at radius 3 is 3.17 bits per heavy atom. The molecule has 0 radical (unpaired) electrons. The topological polar surface area (TPSA) is 37.4 Å². The van der Waals surface area contributed by atoms with Gasteiger partial charge in [0.25, 0.3) is 0 Å². The summed E-state index contributed by atoms with van der Waals surface area (Å²) in [5, 5.41) is 4.58. The summed E-state index contributed by atoms with van der Waals surface area (Å²) < 4.78 is 5.60. The second kappa shape index (κ2) is 5.15. The van der Waals surface area contributed by atoms with E-state index in [9.17, 15) is 0 Å². The van der Waals surface area contributed by atoms with E-state index < -0.39 is 0 Å². The van der Waals surface area contributed by atoms with Crippen molar-refractivity contribution < 1.29 is 4.74 Å². The highest BCUT2D eigenvalue weighted by molar-refractivity contribution is 7.15. The number of nitrogens with one attached hydrogen (secondary N) is 1. The number of aryl methyl sites for hydroxylation is 1. The molecule has 100 valence electrons. The first-order valence-electron chi connectivity index (χ1n) is 6.81. The maximum absolute atomic E-state index is 5.60. The van der Waals surface area contributed by atoms with E-state index in [2.05, 4.69) is 17.1 Å². The van der Waals surface area contributed by atoms with Crippen LogP contribution in [0.1, 0.15) is 36.4 Å². The van der Waals surface area contributed by atoms with Crippen LogP contribution in [0.2, 0.25) is 0 Å². The highest BCUT2D eigenvalue weighted by atomic mass is 32.1. The van der Waals surface area contributed by atoms with Crippen molar-refractivity contribution in [3.05, 3.63) is 10.6 Å². The Kier molecular flexibility index (Phi) is 3.54. The lowest BCUT2D eigenvalue weighted by atomic mass is 9.98. The molecule has 1 fully saturated rings. The van der Waals surface area contributed by atoms with E-state index in [1.807, 2.05) is 18.4 Å². The summed E-state index contributed by atoms with van der Waals surface area (Å²) in [4.78, 5) is 8.75. The Bertz CT molecular complexity index is 420. The Morgan fingerprint density at radius 1 is 1.50 bits per heavy atom. The van der Waals surface area contributed by atoms with Crippen LogP contribution in [0.5, 0.6) is 0 Å². The molecule has 1 aliphatic heterocycles. The molecule has 0 amide bonds.